The van der Waals surface area contributed by atoms with E-state index >= 15 is 0 Å². The molecule has 0 aliphatic rings. The molecule has 0 amide bonds. The minimum Gasteiger partial charge on any atom is -0.465 e. The lowest BCUT2D eigenvalue weighted by molar-refractivity contribution is -0.146. The monoisotopic (exact) mass is 495 g/mol. The molecule has 2 heteroatoms. The highest BCUT2D eigenvalue weighted by Gasteiger charge is 2.15. The largest absolute Gasteiger partial charge is 0.465 e. The van der Waals surface area contributed by atoms with Crippen LogP contribution in [-0.2, 0) is 9.53 Å². The van der Waals surface area contributed by atoms with Crippen molar-refractivity contribution in [1.82, 2.24) is 0 Å². The fourth-order valence-electron chi connectivity index (χ4n) is 5.10. The second-order valence-corrected chi connectivity index (χ2v) is 11.8. The van der Waals surface area contributed by atoms with Crippen molar-refractivity contribution < 1.29 is 9.53 Å². The van der Waals surface area contributed by atoms with Gasteiger partial charge in [0.25, 0.3) is 0 Å². The van der Waals surface area contributed by atoms with Gasteiger partial charge < -0.3 is 4.74 Å². The van der Waals surface area contributed by atoms with E-state index in [9.17, 15) is 4.79 Å². The zero-order valence-corrected chi connectivity index (χ0v) is 24.9. The van der Waals surface area contributed by atoms with Gasteiger partial charge in [-0.1, -0.05) is 169 Å². The molecular formula is C33H66O2. The van der Waals surface area contributed by atoms with E-state index in [2.05, 4.69) is 27.7 Å². The Balaban J connectivity index is 3.90. The molecule has 1 unspecified atom stereocenters. The third-order valence-corrected chi connectivity index (χ3v) is 7.46. The molecule has 0 bridgehead atoms. The molecule has 0 saturated carbocycles. The van der Waals surface area contributed by atoms with E-state index in [0.717, 1.165) is 0 Å². The summed E-state index contributed by atoms with van der Waals surface area (Å²) in [5.74, 6) is 0.997. The Bertz CT molecular complexity index is 417. The van der Waals surface area contributed by atoms with Crippen LogP contribution >= 0.6 is 0 Å². The standard InChI is InChI=1S/C33H66O2/c1-5-7-9-11-13-15-17-18-20-22-24-26-28-32(29-33(34)35-30-31(3)4)27-25-23-21-19-16-14-12-10-8-6-2/h31-32H,5-30H2,1-4H3. The normalized spacial score (nSPS) is 12.4. The number of esters is 1. The maximum atomic E-state index is 12.3. The summed E-state index contributed by atoms with van der Waals surface area (Å²) in [7, 11) is 0. The molecule has 0 radical (unpaired) electrons. The van der Waals surface area contributed by atoms with Gasteiger partial charge in [0, 0.05) is 6.42 Å². The number of carbonyl (C=O) groups is 1. The topological polar surface area (TPSA) is 26.3 Å². The molecule has 0 rings (SSSR count). The fraction of sp³-hybridized carbons (Fsp3) is 0.970. The Morgan fingerprint density at radius 1 is 0.514 bits per heavy atom. The Morgan fingerprint density at radius 3 is 1.14 bits per heavy atom. The van der Waals surface area contributed by atoms with Crippen molar-refractivity contribution >= 4 is 5.97 Å². The van der Waals surface area contributed by atoms with Gasteiger partial charge in [0.05, 0.1) is 6.61 Å². The number of rotatable bonds is 28. The van der Waals surface area contributed by atoms with Crippen molar-refractivity contribution in [3.05, 3.63) is 0 Å². The van der Waals surface area contributed by atoms with Crippen LogP contribution in [0, 0.1) is 11.8 Å². The lowest BCUT2D eigenvalue weighted by Gasteiger charge is -2.17. The molecule has 1 atom stereocenters. The first-order chi connectivity index (χ1) is 17.1. The number of ether oxygens (including phenoxy) is 1. The SMILES string of the molecule is CCCCCCCCCCCCCCC(CCCCCCCCCCCC)CC(=O)OCC(C)C. The first-order valence-electron chi connectivity index (χ1n) is 16.3. The summed E-state index contributed by atoms with van der Waals surface area (Å²) in [4.78, 5) is 12.3. The highest BCUT2D eigenvalue weighted by Crippen LogP contribution is 2.23. The molecule has 0 N–H and O–H groups in total. The summed E-state index contributed by atoms with van der Waals surface area (Å²) in [5, 5.41) is 0. The Hall–Kier alpha value is -0.530. The van der Waals surface area contributed by atoms with Gasteiger partial charge in [-0.05, 0) is 24.7 Å². The van der Waals surface area contributed by atoms with Crippen molar-refractivity contribution in [2.45, 2.75) is 188 Å². The van der Waals surface area contributed by atoms with Crippen LogP contribution in [0.25, 0.3) is 0 Å². The molecule has 0 aromatic rings. The minimum absolute atomic E-state index is 0.0368. The zero-order chi connectivity index (χ0) is 25.8. The predicted molar refractivity (Wildman–Crippen MR) is 156 cm³/mol. The van der Waals surface area contributed by atoms with Gasteiger partial charge in [0.15, 0.2) is 0 Å². The molecule has 0 aromatic carbocycles. The first-order valence-corrected chi connectivity index (χ1v) is 16.3. The lowest BCUT2D eigenvalue weighted by atomic mass is 9.91. The predicted octanol–water partition coefficient (Wildman–Crippen LogP) is 11.6. The van der Waals surface area contributed by atoms with E-state index in [1.807, 2.05) is 0 Å². The summed E-state index contributed by atoms with van der Waals surface area (Å²) in [6, 6.07) is 0. The van der Waals surface area contributed by atoms with Crippen LogP contribution in [0.1, 0.15) is 188 Å². The smallest absolute Gasteiger partial charge is 0.306 e. The number of carbonyl (C=O) groups excluding carboxylic acids is 1. The fourth-order valence-corrected chi connectivity index (χ4v) is 5.10. The van der Waals surface area contributed by atoms with Crippen LogP contribution in [0.3, 0.4) is 0 Å². The van der Waals surface area contributed by atoms with Crippen molar-refractivity contribution in [3.63, 3.8) is 0 Å². The summed E-state index contributed by atoms with van der Waals surface area (Å²) < 4.78 is 5.51. The molecular weight excluding hydrogens is 428 g/mol. The molecule has 0 spiro atoms. The minimum atomic E-state index is 0.0368. The maximum absolute atomic E-state index is 12.3. The van der Waals surface area contributed by atoms with Gasteiger partial charge in [-0.2, -0.15) is 0 Å². The van der Waals surface area contributed by atoms with Crippen LogP contribution in [0.15, 0.2) is 0 Å². The molecule has 0 heterocycles. The first kappa shape index (κ1) is 34.5. The highest BCUT2D eigenvalue weighted by atomic mass is 16.5. The van der Waals surface area contributed by atoms with Crippen LogP contribution < -0.4 is 0 Å². The third-order valence-electron chi connectivity index (χ3n) is 7.46. The van der Waals surface area contributed by atoms with E-state index in [0.29, 0.717) is 24.9 Å². The number of unbranched alkanes of at least 4 members (excludes halogenated alkanes) is 20. The summed E-state index contributed by atoms with van der Waals surface area (Å²) >= 11 is 0. The second-order valence-electron chi connectivity index (χ2n) is 11.8. The van der Waals surface area contributed by atoms with Crippen molar-refractivity contribution in [2.24, 2.45) is 11.8 Å². The Morgan fingerprint density at radius 2 is 0.829 bits per heavy atom. The molecule has 0 saturated heterocycles. The summed E-state index contributed by atoms with van der Waals surface area (Å²) in [6.45, 7) is 9.37. The zero-order valence-electron chi connectivity index (χ0n) is 24.9. The Labute approximate surface area is 222 Å². The van der Waals surface area contributed by atoms with E-state index in [1.165, 1.54) is 154 Å². The van der Waals surface area contributed by atoms with Crippen LogP contribution in [0.4, 0.5) is 0 Å². The molecule has 2 nitrogen and oxygen atoms in total. The quantitative estimate of drug-likeness (QED) is 0.0798. The van der Waals surface area contributed by atoms with Gasteiger partial charge in [-0.25, -0.2) is 0 Å². The average molecular weight is 495 g/mol. The lowest BCUT2D eigenvalue weighted by Crippen LogP contribution is -2.14. The van der Waals surface area contributed by atoms with E-state index in [4.69, 9.17) is 4.74 Å². The molecule has 210 valence electrons. The third kappa shape index (κ3) is 27.9. The molecule has 0 aliphatic carbocycles. The second kappa shape index (κ2) is 28.0. The van der Waals surface area contributed by atoms with Crippen molar-refractivity contribution in [1.29, 1.82) is 0 Å². The molecule has 0 fully saturated rings. The number of hydrogen-bond acceptors (Lipinski definition) is 2. The highest BCUT2D eigenvalue weighted by molar-refractivity contribution is 5.69. The van der Waals surface area contributed by atoms with Crippen LogP contribution in [0.2, 0.25) is 0 Å². The average Bonchev–Trinajstić information content (AvgIpc) is 2.84. The van der Waals surface area contributed by atoms with E-state index < -0.39 is 0 Å². The van der Waals surface area contributed by atoms with E-state index in [1.54, 1.807) is 0 Å². The van der Waals surface area contributed by atoms with Gasteiger partial charge in [-0.15, -0.1) is 0 Å². The Kier molecular flexibility index (Phi) is 27.6. The summed E-state index contributed by atoms with van der Waals surface area (Å²) in [5.41, 5.74) is 0. The van der Waals surface area contributed by atoms with Crippen molar-refractivity contribution in [2.75, 3.05) is 6.61 Å². The number of hydrogen-bond donors (Lipinski definition) is 0. The summed E-state index contributed by atoms with van der Waals surface area (Å²) in [6.07, 6.45) is 33.6. The van der Waals surface area contributed by atoms with Crippen molar-refractivity contribution in [3.8, 4) is 0 Å². The van der Waals surface area contributed by atoms with Gasteiger partial charge >= 0.3 is 5.97 Å². The van der Waals surface area contributed by atoms with E-state index in [-0.39, 0.29) is 5.97 Å². The molecule has 35 heavy (non-hydrogen) atoms. The van der Waals surface area contributed by atoms with Crippen LogP contribution in [0.5, 0.6) is 0 Å². The van der Waals surface area contributed by atoms with Crippen LogP contribution in [-0.4, -0.2) is 12.6 Å². The maximum Gasteiger partial charge on any atom is 0.306 e. The molecule has 0 aromatic heterocycles. The van der Waals surface area contributed by atoms with Gasteiger partial charge in [0.2, 0.25) is 0 Å². The van der Waals surface area contributed by atoms with Gasteiger partial charge in [0.1, 0.15) is 0 Å². The van der Waals surface area contributed by atoms with Gasteiger partial charge in [-0.3, -0.25) is 4.79 Å². The molecule has 0 aliphatic heterocycles.